The fourth-order valence-corrected chi connectivity index (χ4v) is 9.52. The Morgan fingerprint density at radius 2 is 1.62 bits per heavy atom. The monoisotopic (exact) mass is 384 g/mol. The van der Waals surface area contributed by atoms with Gasteiger partial charge in [-0.3, -0.25) is 0 Å². The first-order chi connectivity index (χ1) is 12.4. The van der Waals surface area contributed by atoms with E-state index >= 15 is 0 Å². The smallest absolute Gasteiger partial charge is 0.154 e. The summed E-state index contributed by atoms with van der Waals surface area (Å²) in [6.07, 6.45) is 13.5. The molecule has 3 rings (SSSR count). The molecule has 2 saturated carbocycles. The zero-order valence-corrected chi connectivity index (χ0v) is 17.8. The van der Waals surface area contributed by atoms with Crippen molar-refractivity contribution < 1.29 is 13.5 Å². The molecule has 2 unspecified atom stereocenters. The number of unbranched alkanes of at least 4 members (excludes halogenated alkanes) is 1. The highest BCUT2D eigenvalue weighted by molar-refractivity contribution is 7.92. The third-order valence-electron chi connectivity index (χ3n) is 8.12. The summed E-state index contributed by atoms with van der Waals surface area (Å²) in [5, 5.41) is 11.6. The number of sulfone groups is 1. The average molecular weight is 385 g/mol. The van der Waals surface area contributed by atoms with Gasteiger partial charge in [0, 0.05) is 5.41 Å². The van der Waals surface area contributed by atoms with E-state index in [1.54, 1.807) is 0 Å². The summed E-state index contributed by atoms with van der Waals surface area (Å²) < 4.78 is 26.9. The van der Waals surface area contributed by atoms with Gasteiger partial charge in [0.25, 0.3) is 0 Å². The zero-order valence-electron chi connectivity index (χ0n) is 17.0. The second-order valence-electron chi connectivity index (χ2n) is 9.53. The zero-order chi connectivity index (χ0) is 18.8. The predicted octanol–water partition coefficient (Wildman–Crippen LogP) is 5.12. The SMILES string of the molecule is CCCC[C@]1(CC)CS(=O)(=O)C2CCCCC2[C@@H](C2CCCCC2)[C@@H]1O. The van der Waals surface area contributed by atoms with Crippen LogP contribution in [0.25, 0.3) is 0 Å². The van der Waals surface area contributed by atoms with Crippen molar-refractivity contribution in [1.29, 1.82) is 0 Å². The molecule has 2 aliphatic carbocycles. The summed E-state index contributed by atoms with van der Waals surface area (Å²) in [6, 6.07) is 0. The lowest BCUT2D eigenvalue weighted by Gasteiger charge is -2.46. The van der Waals surface area contributed by atoms with E-state index in [0.29, 0.717) is 5.92 Å². The van der Waals surface area contributed by atoms with Gasteiger partial charge in [-0.15, -0.1) is 0 Å². The van der Waals surface area contributed by atoms with Gasteiger partial charge in [0.05, 0.1) is 17.1 Å². The van der Waals surface area contributed by atoms with Gasteiger partial charge in [-0.1, -0.05) is 71.6 Å². The first-order valence-corrected chi connectivity index (χ1v) is 13.1. The van der Waals surface area contributed by atoms with Crippen molar-refractivity contribution in [2.45, 2.75) is 109 Å². The van der Waals surface area contributed by atoms with E-state index in [2.05, 4.69) is 13.8 Å². The fourth-order valence-electron chi connectivity index (χ4n) is 6.61. The lowest BCUT2D eigenvalue weighted by Crippen LogP contribution is -2.47. The maximum atomic E-state index is 13.4. The molecular weight excluding hydrogens is 344 g/mol. The molecule has 3 aliphatic rings. The van der Waals surface area contributed by atoms with Gasteiger partial charge in [0.1, 0.15) is 0 Å². The van der Waals surface area contributed by atoms with Crippen LogP contribution < -0.4 is 0 Å². The van der Waals surface area contributed by atoms with Crippen LogP contribution in [0.5, 0.6) is 0 Å². The third kappa shape index (κ3) is 3.87. The first kappa shape index (κ1) is 20.6. The number of rotatable bonds is 5. The van der Waals surface area contributed by atoms with E-state index in [1.807, 2.05) is 0 Å². The molecule has 0 bridgehead atoms. The Labute approximate surface area is 161 Å². The molecule has 0 spiro atoms. The quantitative estimate of drug-likeness (QED) is 0.716. The highest BCUT2D eigenvalue weighted by Crippen LogP contribution is 2.52. The summed E-state index contributed by atoms with van der Waals surface area (Å²) >= 11 is 0. The minimum Gasteiger partial charge on any atom is -0.392 e. The van der Waals surface area contributed by atoms with E-state index in [9.17, 15) is 13.5 Å². The normalized spacial score (nSPS) is 41.3. The summed E-state index contributed by atoms with van der Waals surface area (Å²) in [6.45, 7) is 4.28. The summed E-state index contributed by atoms with van der Waals surface area (Å²) in [7, 11) is -3.13. The van der Waals surface area contributed by atoms with Gasteiger partial charge in [0.2, 0.25) is 0 Å². The Balaban J connectivity index is 2.03. The first-order valence-electron chi connectivity index (χ1n) is 11.3. The number of hydrogen-bond donors (Lipinski definition) is 1. The van der Waals surface area contributed by atoms with Crippen molar-refractivity contribution in [3.63, 3.8) is 0 Å². The molecule has 152 valence electrons. The minimum atomic E-state index is -3.13. The highest BCUT2D eigenvalue weighted by atomic mass is 32.2. The van der Waals surface area contributed by atoms with Gasteiger partial charge in [0.15, 0.2) is 9.84 Å². The van der Waals surface area contributed by atoms with Gasteiger partial charge in [-0.25, -0.2) is 8.42 Å². The largest absolute Gasteiger partial charge is 0.392 e. The van der Waals surface area contributed by atoms with Crippen molar-refractivity contribution in [2.24, 2.45) is 23.2 Å². The van der Waals surface area contributed by atoms with Crippen LogP contribution in [0.4, 0.5) is 0 Å². The van der Waals surface area contributed by atoms with Crippen LogP contribution in [0, 0.1) is 23.2 Å². The molecule has 0 radical (unpaired) electrons. The molecule has 3 nitrogen and oxygen atoms in total. The van der Waals surface area contributed by atoms with Gasteiger partial charge < -0.3 is 5.11 Å². The van der Waals surface area contributed by atoms with Crippen LogP contribution in [0.3, 0.4) is 0 Å². The molecule has 1 saturated heterocycles. The molecule has 0 aromatic rings. The average Bonchev–Trinajstić information content (AvgIpc) is 2.73. The Morgan fingerprint density at radius 1 is 0.962 bits per heavy atom. The van der Waals surface area contributed by atoms with Crippen LogP contribution in [-0.4, -0.2) is 30.6 Å². The molecule has 26 heavy (non-hydrogen) atoms. The van der Waals surface area contributed by atoms with E-state index in [-0.39, 0.29) is 22.8 Å². The summed E-state index contributed by atoms with van der Waals surface area (Å²) in [5.41, 5.74) is -0.422. The molecule has 5 atom stereocenters. The van der Waals surface area contributed by atoms with Crippen molar-refractivity contribution in [2.75, 3.05) is 5.75 Å². The van der Waals surface area contributed by atoms with E-state index in [4.69, 9.17) is 0 Å². The second kappa shape index (κ2) is 8.51. The Hall–Kier alpha value is -0.0900. The van der Waals surface area contributed by atoms with E-state index in [0.717, 1.165) is 51.4 Å². The number of aliphatic hydroxyl groups excluding tert-OH is 1. The fraction of sp³-hybridized carbons (Fsp3) is 1.00. The lowest BCUT2D eigenvalue weighted by molar-refractivity contribution is -0.0637. The topological polar surface area (TPSA) is 54.4 Å². The van der Waals surface area contributed by atoms with Crippen LogP contribution >= 0.6 is 0 Å². The van der Waals surface area contributed by atoms with Gasteiger partial charge in [-0.2, -0.15) is 0 Å². The third-order valence-corrected chi connectivity index (χ3v) is 10.6. The Kier molecular flexibility index (Phi) is 6.75. The molecule has 1 aliphatic heterocycles. The molecule has 1 N–H and O–H groups in total. The number of fused-ring (bicyclic) bond motifs is 1. The van der Waals surface area contributed by atoms with Crippen molar-refractivity contribution in [3.8, 4) is 0 Å². The number of hydrogen-bond acceptors (Lipinski definition) is 3. The Bertz CT molecular complexity index is 552. The van der Waals surface area contributed by atoms with E-state index in [1.165, 1.54) is 32.1 Å². The predicted molar refractivity (Wildman–Crippen MR) is 108 cm³/mol. The van der Waals surface area contributed by atoms with Crippen LogP contribution in [-0.2, 0) is 9.84 Å². The lowest BCUT2D eigenvalue weighted by atomic mass is 9.61. The van der Waals surface area contributed by atoms with Crippen molar-refractivity contribution >= 4 is 9.84 Å². The number of aliphatic hydroxyl groups is 1. The Morgan fingerprint density at radius 3 is 2.27 bits per heavy atom. The molecule has 0 aromatic heterocycles. The van der Waals surface area contributed by atoms with Crippen molar-refractivity contribution in [1.82, 2.24) is 0 Å². The molecule has 1 heterocycles. The van der Waals surface area contributed by atoms with Crippen LogP contribution in [0.1, 0.15) is 97.3 Å². The van der Waals surface area contributed by atoms with Gasteiger partial charge in [-0.05, 0) is 43.4 Å². The molecule has 4 heteroatoms. The molecule has 0 aromatic carbocycles. The maximum absolute atomic E-state index is 13.4. The van der Waals surface area contributed by atoms with Crippen molar-refractivity contribution in [3.05, 3.63) is 0 Å². The minimum absolute atomic E-state index is 0.187. The van der Waals surface area contributed by atoms with Crippen LogP contribution in [0.15, 0.2) is 0 Å². The van der Waals surface area contributed by atoms with Crippen LogP contribution in [0.2, 0.25) is 0 Å². The second-order valence-corrected chi connectivity index (χ2v) is 11.8. The summed E-state index contributed by atoms with van der Waals surface area (Å²) in [5.74, 6) is 1.16. The summed E-state index contributed by atoms with van der Waals surface area (Å²) in [4.78, 5) is 0. The molecular formula is C22H40O3S. The molecule has 3 fully saturated rings. The maximum Gasteiger partial charge on any atom is 0.154 e. The standard InChI is InChI=1S/C22H40O3S/c1-3-5-15-22(4-2)16-26(24,25)19-14-10-9-13-18(19)20(21(22)23)17-11-7-6-8-12-17/h17-21,23H,3-16H2,1-2H3/t18?,19?,20-,21+,22-/m1/s1. The highest BCUT2D eigenvalue weighted by Gasteiger charge is 2.55. The molecule has 0 amide bonds. The van der Waals surface area contributed by atoms with Gasteiger partial charge >= 0.3 is 0 Å². The van der Waals surface area contributed by atoms with E-state index < -0.39 is 21.4 Å².